The molecule has 0 fully saturated rings. The van der Waals surface area contributed by atoms with Crippen LogP contribution < -0.4 is 4.72 Å². The monoisotopic (exact) mass is 316 g/mol. The lowest BCUT2D eigenvalue weighted by Crippen LogP contribution is -2.14. The Kier molecular flexibility index (Phi) is 3.99. The normalized spacial score (nSPS) is 11.3. The number of anilines is 1. The Bertz CT molecular complexity index is 717. The highest BCUT2D eigenvalue weighted by molar-refractivity contribution is 7.92. The van der Waals surface area contributed by atoms with E-state index in [0.29, 0.717) is 10.6 Å². The number of aromatic nitrogens is 1. The van der Waals surface area contributed by atoms with Crippen molar-refractivity contribution in [1.82, 2.24) is 4.98 Å². The molecular formula is C12H10Cl2N2O2S. The largest absolute Gasteiger partial charge is 0.277 e. The average molecular weight is 317 g/mol. The Morgan fingerprint density at radius 3 is 2.58 bits per heavy atom. The highest BCUT2D eigenvalue weighted by Gasteiger charge is 2.19. The van der Waals surface area contributed by atoms with Gasteiger partial charge in [0.1, 0.15) is 0 Å². The number of nitrogens with zero attached hydrogens (tertiary/aromatic N) is 1. The van der Waals surface area contributed by atoms with Crippen molar-refractivity contribution >= 4 is 38.9 Å². The van der Waals surface area contributed by atoms with Crippen LogP contribution in [0.4, 0.5) is 5.69 Å². The summed E-state index contributed by atoms with van der Waals surface area (Å²) >= 11 is 11.8. The van der Waals surface area contributed by atoms with Gasteiger partial charge in [-0.25, -0.2) is 8.42 Å². The van der Waals surface area contributed by atoms with E-state index in [9.17, 15) is 8.42 Å². The number of hydrogen-bond acceptors (Lipinski definition) is 3. The summed E-state index contributed by atoms with van der Waals surface area (Å²) in [7, 11) is -3.75. The highest BCUT2D eigenvalue weighted by atomic mass is 35.5. The molecule has 0 atom stereocenters. The second-order valence-electron chi connectivity index (χ2n) is 3.82. The molecule has 0 amide bonds. The number of pyridine rings is 1. The lowest BCUT2D eigenvalue weighted by Gasteiger charge is -2.11. The highest BCUT2D eigenvalue weighted by Crippen LogP contribution is 2.27. The molecule has 0 aliphatic rings. The number of sulfonamides is 1. The van der Waals surface area contributed by atoms with Crippen molar-refractivity contribution in [3.8, 4) is 0 Å². The summed E-state index contributed by atoms with van der Waals surface area (Å²) < 4.78 is 26.9. The molecule has 0 saturated heterocycles. The average Bonchev–Trinajstić information content (AvgIpc) is 2.35. The third-order valence-electron chi connectivity index (χ3n) is 2.52. The van der Waals surface area contributed by atoms with Gasteiger partial charge >= 0.3 is 0 Å². The first-order valence-electron chi connectivity index (χ1n) is 5.29. The molecule has 1 heterocycles. The Hall–Kier alpha value is -1.30. The van der Waals surface area contributed by atoms with Gasteiger partial charge in [-0.05, 0) is 30.7 Å². The summed E-state index contributed by atoms with van der Waals surface area (Å²) in [6.07, 6.45) is 2.82. The molecular weight excluding hydrogens is 307 g/mol. The molecule has 2 aromatic rings. The third-order valence-corrected chi connectivity index (χ3v) is 4.77. The minimum absolute atomic E-state index is 0.111. The summed E-state index contributed by atoms with van der Waals surface area (Å²) in [5, 5.41) is 0.665. The maximum Gasteiger partial charge on any atom is 0.262 e. The predicted octanol–water partition coefficient (Wildman–Crippen LogP) is 3.50. The molecule has 0 aliphatic carbocycles. The van der Waals surface area contributed by atoms with E-state index in [1.807, 2.05) is 0 Å². The van der Waals surface area contributed by atoms with Crippen LogP contribution in [0.3, 0.4) is 0 Å². The van der Waals surface area contributed by atoms with Crippen LogP contribution >= 0.6 is 23.2 Å². The van der Waals surface area contributed by atoms with Crippen LogP contribution in [0.1, 0.15) is 5.56 Å². The van der Waals surface area contributed by atoms with E-state index >= 15 is 0 Å². The smallest absolute Gasteiger partial charge is 0.262 e. The second-order valence-corrected chi connectivity index (χ2v) is 6.29. The maximum atomic E-state index is 12.3. The standard InChI is InChI=1S/C12H10Cl2N2O2S/c1-8-9(13)3-2-4-12(8)19(17,18)16-11-7-15-6-5-10(11)14/h2-7,16H,1H3. The zero-order valence-electron chi connectivity index (χ0n) is 9.89. The van der Waals surface area contributed by atoms with Crippen LogP contribution in [0.2, 0.25) is 10.0 Å². The topological polar surface area (TPSA) is 59.1 Å². The van der Waals surface area contributed by atoms with Crippen LogP contribution in [-0.4, -0.2) is 13.4 Å². The van der Waals surface area contributed by atoms with Gasteiger partial charge in [-0.15, -0.1) is 0 Å². The van der Waals surface area contributed by atoms with Gasteiger partial charge in [0.2, 0.25) is 0 Å². The van der Waals surface area contributed by atoms with E-state index in [-0.39, 0.29) is 15.6 Å². The fraction of sp³-hybridized carbons (Fsp3) is 0.0833. The van der Waals surface area contributed by atoms with Crippen molar-refractivity contribution < 1.29 is 8.42 Å². The maximum absolute atomic E-state index is 12.3. The number of hydrogen-bond donors (Lipinski definition) is 1. The molecule has 4 nitrogen and oxygen atoms in total. The molecule has 100 valence electrons. The van der Waals surface area contributed by atoms with Crippen LogP contribution in [0, 0.1) is 6.92 Å². The number of benzene rings is 1. The SMILES string of the molecule is Cc1c(Cl)cccc1S(=O)(=O)Nc1cnccc1Cl. The molecule has 19 heavy (non-hydrogen) atoms. The molecule has 1 aromatic carbocycles. The van der Waals surface area contributed by atoms with Crippen molar-refractivity contribution in [2.75, 3.05) is 4.72 Å². The summed E-state index contributed by atoms with van der Waals surface area (Å²) in [4.78, 5) is 3.94. The fourth-order valence-electron chi connectivity index (χ4n) is 1.53. The predicted molar refractivity (Wildman–Crippen MR) is 76.2 cm³/mol. The Morgan fingerprint density at radius 2 is 1.89 bits per heavy atom. The van der Waals surface area contributed by atoms with Crippen molar-refractivity contribution in [2.45, 2.75) is 11.8 Å². The zero-order valence-corrected chi connectivity index (χ0v) is 12.2. The molecule has 0 spiro atoms. The lowest BCUT2D eigenvalue weighted by molar-refractivity contribution is 0.600. The van der Waals surface area contributed by atoms with E-state index < -0.39 is 10.0 Å². The molecule has 1 N–H and O–H groups in total. The van der Waals surface area contributed by atoms with E-state index in [0.717, 1.165) is 0 Å². The van der Waals surface area contributed by atoms with E-state index in [1.54, 1.807) is 19.1 Å². The molecule has 0 unspecified atom stereocenters. The first-order valence-corrected chi connectivity index (χ1v) is 7.53. The zero-order chi connectivity index (χ0) is 14.0. The molecule has 1 aromatic heterocycles. The van der Waals surface area contributed by atoms with Crippen LogP contribution in [0.5, 0.6) is 0 Å². The van der Waals surface area contributed by atoms with Gasteiger partial charge in [0, 0.05) is 11.2 Å². The van der Waals surface area contributed by atoms with E-state index in [4.69, 9.17) is 23.2 Å². The van der Waals surface area contributed by atoms with Gasteiger partial charge in [-0.3, -0.25) is 9.71 Å². The van der Waals surface area contributed by atoms with Gasteiger partial charge in [-0.1, -0.05) is 29.3 Å². The fourth-order valence-corrected chi connectivity index (χ4v) is 3.30. The van der Waals surface area contributed by atoms with Crippen LogP contribution in [0.25, 0.3) is 0 Å². The molecule has 0 aliphatic heterocycles. The van der Waals surface area contributed by atoms with Crippen molar-refractivity contribution in [3.05, 3.63) is 52.3 Å². The number of halogens is 2. The molecule has 7 heteroatoms. The van der Waals surface area contributed by atoms with Crippen molar-refractivity contribution in [2.24, 2.45) is 0 Å². The lowest BCUT2D eigenvalue weighted by atomic mass is 10.2. The van der Waals surface area contributed by atoms with Gasteiger partial charge in [0.05, 0.1) is 21.8 Å². The van der Waals surface area contributed by atoms with Gasteiger partial charge < -0.3 is 0 Å². The first kappa shape index (κ1) is 14.1. The first-order chi connectivity index (χ1) is 8.92. The van der Waals surface area contributed by atoms with Crippen molar-refractivity contribution in [3.63, 3.8) is 0 Å². The Labute approximate surface area is 121 Å². The van der Waals surface area contributed by atoms with E-state index in [1.165, 1.54) is 24.5 Å². The van der Waals surface area contributed by atoms with Gasteiger partial charge in [0.15, 0.2) is 0 Å². The third kappa shape index (κ3) is 3.00. The number of rotatable bonds is 3. The molecule has 0 radical (unpaired) electrons. The van der Waals surface area contributed by atoms with Gasteiger partial charge in [-0.2, -0.15) is 0 Å². The van der Waals surface area contributed by atoms with Crippen LogP contribution in [0.15, 0.2) is 41.6 Å². The minimum Gasteiger partial charge on any atom is -0.277 e. The second kappa shape index (κ2) is 5.36. The number of nitrogens with one attached hydrogen (secondary N) is 1. The Balaban J connectivity index is 2.44. The van der Waals surface area contributed by atoms with Crippen LogP contribution in [-0.2, 0) is 10.0 Å². The minimum atomic E-state index is -3.75. The summed E-state index contributed by atoms with van der Waals surface area (Å²) in [5.74, 6) is 0. The van der Waals surface area contributed by atoms with Gasteiger partial charge in [0.25, 0.3) is 10.0 Å². The molecule has 2 rings (SSSR count). The van der Waals surface area contributed by atoms with Crippen molar-refractivity contribution in [1.29, 1.82) is 0 Å². The summed E-state index contributed by atoms with van der Waals surface area (Å²) in [5.41, 5.74) is 0.709. The summed E-state index contributed by atoms with van der Waals surface area (Å²) in [6, 6.07) is 6.19. The van der Waals surface area contributed by atoms with E-state index in [2.05, 4.69) is 9.71 Å². The Morgan fingerprint density at radius 1 is 1.16 bits per heavy atom. The quantitative estimate of drug-likeness (QED) is 0.942. The summed E-state index contributed by atoms with van der Waals surface area (Å²) in [6.45, 7) is 1.64. The molecule has 0 saturated carbocycles. The molecule has 0 bridgehead atoms.